The minimum Gasteiger partial charge on any atom is -0.478 e. The fourth-order valence-electron chi connectivity index (χ4n) is 3.74. The Morgan fingerprint density at radius 1 is 1.33 bits per heavy atom. The number of hydrogen-bond acceptors (Lipinski definition) is 3. The number of aliphatic carboxylic acids is 1. The molecule has 0 bridgehead atoms. The zero-order valence-corrected chi connectivity index (χ0v) is 16.0. The summed E-state index contributed by atoms with van der Waals surface area (Å²) in [4.78, 5) is 11.0. The van der Waals surface area contributed by atoms with Gasteiger partial charge in [0, 0.05) is 35.3 Å². The van der Waals surface area contributed by atoms with Crippen molar-refractivity contribution in [1.29, 1.82) is 0 Å². The number of halogens is 1. The summed E-state index contributed by atoms with van der Waals surface area (Å²) in [7, 11) is 0. The van der Waals surface area contributed by atoms with Gasteiger partial charge < -0.3 is 10.2 Å². The molecular formula is C21H25ClN2O3. The lowest BCUT2D eigenvalue weighted by Gasteiger charge is -2.21. The van der Waals surface area contributed by atoms with Crippen LogP contribution in [0.3, 0.4) is 0 Å². The van der Waals surface area contributed by atoms with Crippen molar-refractivity contribution in [1.82, 2.24) is 9.78 Å². The normalized spacial score (nSPS) is 16.2. The van der Waals surface area contributed by atoms with Gasteiger partial charge in [-0.05, 0) is 42.0 Å². The van der Waals surface area contributed by atoms with Gasteiger partial charge in [-0.3, -0.25) is 4.68 Å². The molecule has 0 amide bonds. The maximum Gasteiger partial charge on any atom is 0.331 e. The molecule has 0 aliphatic heterocycles. The first kappa shape index (κ1) is 19.6. The predicted octanol–water partition coefficient (Wildman–Crippen LogP) is 4.85. The van der Waals surface area contributed by atoms with E-state index in [0.29, 0.717) is 16.5 Å². The molecule has 6 heteroatoms. The number of aliphatic hydroxyl groups excluding tert-OH is 1. The van der Waals surface area contributed by atoms with E-state index in [1.807, 2.05) is 10.9 Å². The van der Waals surface area contributed by atoms with Crippen LogP contribution in [-0.4, -0.2) is 26.0 Å². The van der Waals surface area contributed by atoms with Crippen LogP contribution in [0, 0.1) is 5.92 Å². The van der Waals surface area contributed by atoms with E-state index in [9.17, 15) is 9.90 Å². The van der Waals surface area contributed by atoms with E-state index in [-0.39, 0.29) is 12.0 Å². The van der Waals surface area contributed by atoms with Crippen LogP contribution in [0.2, 0.25) is 5.02 Å². The first-order valence-corrected chi connectivity index (χ1v) is 9.73. The quantitative estimate of drug-likeness (QED) is 0.665. The number of carboxylic acid groups (broad SMARTS) is 1. The van der Waals surface area contributed by atoms with Gasteiger partial charge in [0.15, 0.2) is 0 Å². The fraction of sp³-hybridized carbons (Fsp3) is 0.429. The second-order valence-corrected chi connectivity index (χ2v) is 7.75. The molecule has 2 aromatic rings. The molecule has 0 radical (unpaired) electrons. The third-order valence-corrected chi connectivity index (χ3v) is 5.47. The fourth-order valence-corrected chi connectivity index (χ4v) is 3.91. The molecule has 1 unspecified atom stereocenters. The number of hydrogen-bond donors (Lipinski definition) is 2. The van der Waals surface area contributed by atoms with Gasteiger partial charge in [0.1, 0.15) is 0 Å². The van der Waals surface area contributed by atoms with E-state index < -0.39 is 12.1 Å². The third-order valence-electron chi connectivity index (χ3n) is 5.23. The van der Waals surface area contributed by atoms with Gasteiger partial charge in [0.05, 0.1) is 12.3 Å². The largest absolute Gasteiger partial charge is 0.478 e. The van der Waals surface area contributed by atoms with Gasteiger partial charge in [-0.1, -0.05) is 43.5 Å². The van der Waals surface area contributed by atoms with Crippen LogP contribution < -0.4 is 0 Å². The number of aliphatic hydroxyl groups is 1. The van der Waals surface area contributed by atoms with Crippen molar-refractivity contribution in [2.24, 2.45) is 5.92 Å². The lowest BCUT2D eigenvalue weighted by atomic mass is 9.89. The summed E-state index contributed by atoms with van der Waals surface area (Å²) in [6, 6.07) is 5.21. The SMILES string of the molecule is C=C(CC(O)c1ccc(Cl)cc1-c1cnn(CC2CCCCC2)c1)C(=O)O. The maximum atomic E-state index is 11.0. The average Bonchev–Trinajstić information content (AvgIpc) is 3.10. The van der Waals surface area contributed by atoms with Crippen LogP contribution >= 0.6 is 11.6 Å². The summed E-state index contributed by atoms with van der Waals surface area (Å²) in [6.45, 7) is 4.40. The minimum atomic E-state index is -1.11. The molecule has 5 nitrogen and oxygen atoms in total. The zero-order chi connectivity index (χ0) is 19.4. The Kier molecular flexibility index (Phi) is 6.34. The van der Waals surface area contributed by atoms with Gasteiger partial charge in [-0.25, -0.2) is 4.79 Å². The van der Waals surface area contributed by atoms with E-state index in [1.165, 1.54) is 32.1 Å². The molecule has 2 N–H and O–H groups in total. The lowest BCUT2D eigenvalue weighted by molar-refractivity contribution is -0.133. The highest BCUT2D eigenvalue weighted by atomic mass is 35.5. The highest BCUT2D eigenvalue weighted by Crippen LogP contribution is 2.33. The summed E-state index contributed by atoms with van der Waals surface area (Å²) >= 11 is 6.17. The van der Waals surface area contributed by atoms with Crippen molar-refractivity contribution >= 4 is 17.6 Å². The topological polar surface area (TPSA) is 75.4 Å². The Morgan fingerprint density at radius 2 is 2.07 bits per heavy atom. The minimum absolute atomic E-state index is 0.0311. The van der Waals surface area contributed by atoms with E-state index in [4.69, 9.17) is 16.7 Å². The van der Waals surface area contributed by atoms with Gasteiger partial charge in [-0.2, -0.15) is 5.10 Å². The van der Waals surface area contributed by atoms with Crippen molar-refractivity contribution in [2.75, 3.05) is 0 Å². The van der Waals surface area contributed by atoms with Crippen molar-refractivity contribution in [3.8, 4) is 11.1 Å². The Bertz CT molecular complexity index is 825. The second kappa shape index (κ2) is 8.72. The van der Waals surface area contributed by atoms with Crippen LogP contribution in [-0.2, 0) is 11.3 Å². The predicted molar refractivity (Wildman–Crippen MR) is 106 cm³/mol. The summed E-state index contributed by atoms with van der Waals surface area (Å²) in [5.74, 6) is -0.445. The van der Waals surface area contributed by atoms with Crippen LogP contribution in [0.5, 0.6) is 0 Å². The smallest absolute Gasteiger partial charge is 0.331 e. The highest BCUT2D eigenvalue weighted by molar-refractivity contribution is 6.30. The summed E-state index contributed by atoms with van der Waals surface area (Å²) < 4.78 is 1.96. The van der Waals surface area contributed by atoms with E-state index in [1.54, 1.807) is 24.4 Å². The van der Waals surface area contributed by atoms with Crippen molar-refractivity contribution in [2.45, 2.75) is 51.2 Å². The zero-order valence-electron chi connectivity index (χ0n) is 15.3. The van der Waals surface area contributed by atoms with Crippen LogP contribution in [0.1, 0.15) is 50.2 Å². The molecule has 1 atom stereocenters. The number of benzene rings is 1. The molecular weight excluding hydrogens is 364 g/mol. The second-order valence-electron chi connectivity index (χ2n) is 7.32. The molecule has 1 aromatic heterocycles. The van der Waals surface area contributed by atoms with Crippen molar-refractivity contribution in [3.05, 3.63) is 53.3 Å². The van der Waals surface area contributed by atoms with Gasteiger partial charge >= 0.3 is 5.97 Å². The van der Waals surface area contributed by atoms with E-state index in [2.05, 4.69) is 11.7 Å². The molecule has 1 saturated carbocycles. The van der Waals surface area contributed by atoms with Gasteiger partial charge in [0.2, 0.25) is 0 Å². The monoisotopic (exact) mass is 388 g/mol. The molecule has 3 rings (SSSR count). The number of carbonyl (C=O) groups is 1. The van der Waals surface area contributed by atoms with Crippen molar-refractivity contribution in [3.63, 3.8) is 0 Å². The average molecular weight is 389 g/mol. The lowest BCUT2D eigenvalue weighted by Crippen LogP contribution is -2.14. The molecule has 0 spiro atoms. The Morgan fingerprint density at radius 3 is 2.78 bits per heavy atom. The Labute approximate surface area is 164 Å². The number of carboxylic acids is 1. The highest BCUT2D eigenvalue weighted by Gasteiger charge is 2.19. The van der Waals surface area contributed by atoms with Gasteiger partial charge in [-0.15, -0.1) is 0 Å². The molecule has 1 heterocycles. The Balaban J connectivity index is 1.82. The molecule has 0 saturated heterocycles. The van der Waals surface area contributed by atoms with Crippen LogP contribution in [0.4, 0.5) is 0 Å². The van der Waals surface area contributed by atoms with Crippen LogP contribution in [0.25, 0.3) is 11.1 Å². The summed E-state index contributed by atoms with van der Waals surface area (Å²) in [6.07, 6.45) is 9.13. The Hall–Kier alpha value is -2.11. The summed E-state index contributed by atoms with van der Waals surface area (Å²) in [5.41, 5.74) is 2.22. The van der Waals surface area contributed by atoms with E-state index >= 15 is 0 Å². The molecule has 144 valence electrons. The molecule has 1 aliphatic carbocycles. The summed E-state index contributed by atoms with van der Waals surface area (Å²) in [5, 5.41) is 24.6. The van der Waals surface area contributed by atoms with Crippen molar-refractivity contribution < 1.29 is 15.0 Å². The van der Waals surface area contributed by atoms with Crippen LogP contribution in [0.15, 0.2) is 42.7 Å². The molecule has 1 aliphatic rings. The molecule has 1 fully saturated rings. The maximum absolute atomic E-state index is 11.0. The molecule has 27 heavy (non-hydrogen) atoms. The number of nitrogens with zero attached hydrogens (tertiary/aromatic N) is 2. The first-order chi connectivity index (χ1) is 12.9. The first-order valence-electron chi connectivity index (χ1n) is 9.35. The molecule has 1 aromatic carbocycles. The number of aromatic nitrogens is 2. The standard InChI is InChI=1S/C21H25ClN2O3/c1-14(21(26)27)9-20(25)18-8-7-17(22)10-19(18)16-11-23-24(13-16)12-15-5-3-2-4-6-15/h7-8,10-11,13,15,20,25H,1-6,9,12H2,(H,26,27). The number of rotatable bonds is 7. The van der Waals surface area contributed by atoms with E-state index in [0.717, 1.165) is 17.7 Å². The third kappa shape index (κ3) is 4.99. The van der Waals surface area contributed by atoms with Gasteiger partial charge in [0.25, 0.3) is 0 Å².